The topological polar surface area (TPSA) is 79.7 Å². The van der Waals surface area contributed by atoms with Gasteiger partial charge in [-0.1, -0.05) is 69.4 Å². The smallest absolute Gasteiger partial charge is 0.301 e. The monoisotopic (exact) mass is 526 g/mol. The van der Waals surface area contributed by atoms with Crippen molar-refractivity contribution in [2.24, 2.45) is 0 Å². The Kier molecular flexibility index (Phi) is 6.57. The molecule has 0 saturated carbocycles. The molecule has 6 nitrogen and oxygen atoms in total. The molecule has 0 unspecified atom stereocenters. The number of aliphatic hydroxyl groups excluding tert-OH is 1. The van der Waals surface area contributed by atoms with E-state index in [-0.39, 0.29) is 16.7 Å². The normalized spacial score (nSPS) is 17.4. The van der Waals surface area contributed by atoms with Crippen molar-refractivity contribution in [3.63, 3.8) is 0 Å². The zero-order chi connectivity index (χ0) is 27.2. The molecular formula is C31H30N2O4S. The molecule has 0 aliphatic carbocycles. The van der Waals surface area contributed by atoms with Crippen molar-refractivity contribution in [2.45, 2.75) is 45.6 Å². The first kappa shape index (κ1) is 25.7. The highest BCUT2D eigenvalue weighted by molar-refractivity contribution is 7.22. The van der Waals surface area contributed by atoms with Crippen LogP contribution in [0.3, 0.4) is 0 Å². The van der Waals surface area contributed by atoms with Gasteiger partial charge in [0.15, 0.2) is 5.13 Å². The van der Waals surface area contributed by atoms with Crippen LogP contribution in [0.5, 0.6) is 5.75 Å². The van der Waals surface area contributed by atoms with E-state index < -0.39 is 17.7 Å². The molecule has 0 spiro atoms. The highest BCUT2D eigenvalue weighted by Crippen LogP contribution is 2.44. The Morgan fingerprint density at radius 3 is 2.32 bits per heavy atom. The van der Waals surface area contributed by atoms with Crippen LogP contribution in [0.4, 0.5) is 5.13 Å². The van der Waals surface area contributed by atoms with Crippen molar-refractivity contribution in [1.29, 1.82) is 0 Å². The number of ketones is 1. The summed E-state index contributed by atoms with van der Waals surface area (Å²) >= 11 is 1.37. The summed E-state index contributed by atoms with van der Waals surface area (Å²) in [6.45, 7) is 8.47. The molecule has 1 aliphatic heterocycles. The molecule has 1 saturated heterocycles. The molecule has 1 aromatic heterocycles. The van der Waals surface area contributed by atoms with Crippen LogP contribution in [0.15, 0.2) is 72.3 Å². The van der Waals surface area contributed by atoms with E-state index in [0.29, 0.717) is 16.4 Å². The quantitative estimate of drug-likeness (QED) is 0.176. The van der Waals surface area contributed by atoms with E-state index in [4.69, 9.17) is 9.72 Å². The first-order valence-electron chi connectivity index (χ1n) is 12.6. The van der Waals surface area contributed by atoms with Crippen molar-refractivity contribution >= 4 is 44.1 Å². The number of anilines is 1. The van der Waals surface area contributed by atoms with E-state index in [1.807, 2.05) is 36.4 Å². The van der Waals surface area contributed by atoms with Crippen molar-refractivity contribution in [1.82, 2.24) is 4.98 Å². The number of amides is 1. The van der Waals surface area contributed by atoms with Gasteiger partial charge in [0, 0.05) is 5.56 Å². The largest absolute Gasteiger partial charge is 0.507 e. The summed E-state index contributed by atoms with van der Waals surface area (Å²) in [5, 5.41) is 11.8. The number of methoxy groups -OCH3 is 1. The predicted molar refractivity (Wildman–Crippen MR) is 152 cm³/mol. The number of Topliss-reactive ketones (excluding diaryl/α,β-unsaturated/α-hetero) is 1. The number of hydrogen-bond donors (Lipinski definition) is 1. The molecule has 2 heterocycles. The lowest BCUT2D eigenvalue weighted by Crippen LogP contribution is -2.29. The Bertz CT molecular complexity index is 1560. The standard InChI is InChI=1S/C31H30N2O4S/c1-6-18-7-16-23-24(17-18)38-30(32-23)33-26(19-8-12-21(13-9-19)31(2,3)4)25(28(35)29(33)36)27(34)20-10-14-22(37-5)15-11-20/h7-17,26,34H,6H2,1-5H3/b27-25+/t26-/m1/s1. The number of thiazole rings is 1. The van der Waals surface area contributed by atoms with Gasteiger partial charge in [-0.2, -0.15) is 0 Å². The number of carbonyl (C=O) groups is 2. The van der Waals surface area contributed by atoms with Crippen LogP contribution in [0.1, 0.15) is 56.0 Å². The molecule has 4 aromatic rings. The molecule has 38 heavy (non-hydrogen) atoms. The van der Waals surface area contributed by atoms with Crippen molar-refractivity contribution < 1.29 is 19.4 Å². The third kappa shape index (κ3) is 4.47. The van der Waals surface area contributed by atoms with Crippen LogP contribution >= 0.6 is 11.3 Å². The zero-order valence-electron chi connectivity index (χ0n) is 22.1. The highest BCUT2D eigenvalue weighted by Gasteiger charge is 2.48. The van der Waals surface area contributed by atoms with Crippen molar-refractivity contribution in [3.8, 4) is 5.75 Å². The molecule has 0 bridgehead atoms. The van der Waals surface area contributed by atoms with Gasteiger partial charge in [-0.25, -0.2) is 4.98 Å². The molecule has 5 rings (SSSR count). The summed E-state index contributed by atoms with van der Waals surface area (Å²) < 4.78 is 6.17. The van der Waals surface area contributed by atoms with Gasteiger partial charge in [-0.05, 0) is 64.9 Å². The fourth-order valence-corrected chi connectivity index (χ4v) is 5.75. The fraction of sp³-hybridized carbons (Fsp3) is 0.258. The number of ether oxygens (including phenoxy) is 1. The first-order valence-corrected chi connectivity index (χ1v) is 13.4. The Balaban J connectivity index is 1.69. The summed E-state index contributed by atoms with van der Waals surface area (Å²) in [5.41, 5.74) is 4.19. The lowest BCUT2D eigenvalue weighted by Gasteiger charge is -2.24. The number of nitrogens with zero attached hydrogens (tertiary/aromatic N) is 2. The maximum atomic E-state index is 13.5. The van der Waals surface area contributed by atoms with Crippen molar-refractivity contribution in [3.05, 3.63) is 94.6 Å². The summed E-state index contributed by atoms with van der Waals surface area (Å²) in [6.07, 6.45) is 0.885. The molecule has 194 valence electrons. The summed E-state index contributed by atoms with van der Waals surface area (Å²) in [6, 6.07) is 19.8. The van der Waals surface area contributed by atoms with Crippen LogP contribution < -0.4 is 9.64 Å². The van der Waals surface area contributed by atoms with Crippen LogP contribution in [-0.2, 0) is 21.4 Å². The molecule has 1 amide bonds. The number of aromatic nitrogens is 1. The Morgan fingerprint density at radius 1 is 1.03 bits per heavy atom. The Morgan fingerprint density at radius 2 is 1.71 bits per heavy atom. The van der Waals surface area contributed by atoms with Gasteiger partial charge >= 0.3 is 5.91 Å². The fourth-order valence-electron chi connectivity index (χ4n) is 4.69. The average molecular weight is 527 g/mol. The lowest BCUT2D eigenvalue weighted by atomic mass is 9.85. The van der Waals surface area contributed by atoms with E-state index in [9.17, 15) is 14.7 Å². The molecule has 0 radical (unpaired) electrons. The second-order valence-electron chi connectivity index (χ2n) is 10.4. The van der Waals surface area contributed by atoms with Gasteiger partial charge < -0.3 is 9.84 Å². The van der Waals surface area contributed by atoms with Crippen molar-refractivity contribution in [2.75, 3.05) is 12.0 Å². The second-order valence-corrected chi connectivity index (χ2v) is 11.4. The third-order valence-corrected chi connectivity index (χ3v) is 7.97. The molecule has 1 fully saturated rings. The van der Waals surface area contributed by atoms with Gasteiger partial charge in [0.25, 0.3) is 5.78 Å². The molecule has 7 heteroatoms. The highest BCUT2D eigenvalue weighted by atomic mass is 32.1. The maximum Gasteiger partial charge on any atom is 0.301 e. The van der Waals surface area contributed by atoms with E-state index in [2.05, 4.69) is 33.8 Å². The number of carbonyl (C=O) groups excluding carboxylic acids is 2. The minimum absolute atomic E-state index is 0.0391. The van der Waals surface area contributed by atoms with E-state index in [1.165, 1.54) is 21.8 Å². The molecule has 1 N–H and O–H groups in total. The second kappa shape index (κ2) is 9.72. The number of rotatable bonds is 5. The predicted octanol–water partition coefficient (Wildman–Crippen LogP) is 6.79. The first-order chi connectivity index (χ1) is 18.1. The third-order valence-electron chi connectivity index (χ3n) is 6.96. The van der Waals surface area contributed by atoms with Crippen LogP contribution in [0.2, 0.25) is 0 Å². The Hall–Kier alpha value is -3.97. The number of fused-ring (bicyclic) bond motifs is 1. The van der Waals surface area contributed by atoms with Gasteiger partial charge in [0.05, 0.1) is 28.9 Å². The van der Waals surface area contributed by atoms with Crippen LogP contribution in [0, 0.1) is 0 Å². The minimum Gasteiger partial charge on any atom is -0.507 e. The number of aryl methyl sites for hydroxylation is 1. The minimum atomic E-state index is -0.822. The average Bonchev–Trinajstić information content (AvgIpc) is 3.45. The number of hydrogen-bond acceptors (Lipinski definition) is 6. The van der Waals surface area contributed by atoms with E-state index >= 15 is 0 Å². The SMILES string of the molecule is CCc1ccc2nc(N3C(=O)C(=O)/C(=C(/O)c4ccc(OC)cc4)[C@H]3c3ccc(C(C)(C)C)cc3)sc2c1. The molecule has 3 aromatic carbocycles. The zero-order valence-corrected chi connectivity index (χ0v) is 22.9. The lowest BCUT2D eigenvalue weighted by molar-refractivity contribution is -0.132. The maximum absolute atomic E-state index is 13.5. The van der Waals surface area contributed by atoms with Gasteiger partial charge in [0.2, 0.25) is 0 Å². The van der Waals surface area contributed by atoms with Crippen LogP contribution in [0.25, 0.3) is 16.0 Å². The summed E-state index contributed by atoms with van der Waals surface area (Å²) in [4.78, 5) is 33.2. The summed E-state index contributed by atoms with van der Waals surface area (Å²) in [5.74, 6) is -1.05. The molecule has 1 aliphatic rings. The molecule has 1 atom stereocenters. The van der Waals surface area contributed by atoms with Gasteiger partial charge in [-0.15, -0.1) is 0 Å². The van der Waals surface area contributed by atoms with Gasteiger partial charge in [0.1, 0.15) is 11.5 Å². The molecular weight excluding hydrogens is 496 g/mol. The van der Waals surface area contributed by atoms with E-state index in [1.54, 1.807) is 31.4 Å². The van der Waals surface area contributed by atoms with Crippen LogP contribution in [-0.4, -0.2) is 28.9 Å². The number of benzene rings is 3. The van der Waals surface area contributed by atoms with E-state index in [0.717, 1.165) is 27.8 Å². The summed E-state index contributed by atoms with van der Waals surface area (Å²) in [7, 11) is 1.56. The van der Waals surface area contributed by atoms with Gasteiger partial charge in [-0.3, -0.25) is 14.5 Å². The number of aliphatic hydroxyl groups is 1. The Labute approximate surface area is 226 Å².